The minimum atomic E-state index is -0.395. The highest BCUT2D eigenvalue weighted by Gasteiger charge is 2.14. The topological polar surface area (TPSA) is 17.1 Å². The van der Waals surface area contributed by atoms with Gasteiger partial charge >= 0.3 is 0 Å². The normalized spacial score (nSPS) is 11.7. The van der Waals surface area contributed by atoms with Crippen molar-refractivity contribution < 1.29 is 4.79 Å². The van der Waals surface area contributed by atoms with Gasteiger partial charge in [0.25, 0.3) is 5.24 Å². The molecule has 0 N–H and O–H groups in total. The van der Waals surface area contributed by atoms with Crippen molar-refractivity contribution in [3.63, 3.8) is 0 Å². The van der Waals surface area contributed by atoms with E-state index in [9.17, 15) is 4.79 Å². The van der Waals surface area contributed by atoms with Crippen molar-refractivity contribution in [2.75, 3.05) is 0 Å². The SMILES string of the molecule is CC(C)(C)c1ccc(-c2ccc(-c3ccc(-c4ccc(C(=O)Cl)s4)s3)s2)cc1. The Balaban J connectivity index is 1.58. The van der Waals surface area contributed by atoms with Crippen molar-refractivity contribution in [2.45, 2.75) is 26.2 Å². The van der Waals surface area contributed by atoms with E-state index in [0.717, 1.165) is 9.75 Å². The molecule has 3 heterocycles. The van der Waals surface area contributed by atoms with E-state index in [-0.39, 0.29) is 5.41 Å². The second kappa shape index (κ2) is 7.60. The van der Waals surface area contributed by atoms with E-state index < -0.39 is 5.24 Å². The average Bonchev–Trinajstić information content (AvgIpc) is 3.39. The van der Waals surface area contributed by atoms with Gasteiger partial charge in [-0.3, -0.25) is 4.79 Å². The van der Waals surface area contributed by atoms with Crippen molar-refractivity contribution >= 4 is 50.9 Å². The quantitative estimate of drug-likeness (QED) is 0.289. The zero-order chi connectivity index (χ0) is 19.9. The number of benzene rings is 1. The van der Waals surface area contributed by atoms with Crippen molar-refractivity contribution in [2.24, 2.45) is 0 Å². The smallest absolute Gasteiger partial charge is 0.262 e. The van der Waals surface area contributed by atoms with Gasteiger partial charge in [0.2, 0.25) is 0 Å². The van der Waals surface area contributed by atoms with E-state index in [2.05, 4.69) is 69.3 Å². The Kier molecular flexibility index (Phi) is 5.32. The van der Waals surface area contributed by atoms with Gasteiger partial charge in [-0.05, 0) is 64.5 Å². The Morgan fingerprint density at radius 1 is 0.679 bits per heavy atom. The lowest BCUT2D eigenvalue weighted by molar-refractivity contribution is 0.108. The molecule has 0 aliphatic rings. The van der Waals surface area contributed by atoms with Gasteiger partial charge in [0.05, 0.1) is 4.88 Å². The molecule has 1 nitrogen and oxygen atoms in total. The zero-order valence-electron chi connectivity index (χ0n) is 15.8. The molecular formula is C23H19ClOS3. The van der Waals surface area contributed by atoms with Gasteiger partial charge in [-0.2, -0.15) is 0 Å². The number of thiophene rings is 3. The van der Waals surface area contributed by atoms with Crippen molar-refractivity contribution in [3.8, 4) is 29.9 Å². The Morgan fingerprint density at radius 3 is 1.64 bits per heavy atom. The summed E-state index contributed by atoms with van der Waals surface area (Å²) < 4.78 is 0. The standard InChI is InChI=1S/C23H19ClOS3/c1-23(2,3)15-6-4-14(5-7-15)16-8-9-17(26-16)18-10-11-19(27-18)20-12-13-21(28-20)22(24)25/h4-13H,1-3H3. The van der Waals surface area contributed by atoms with Crippen molar-refractivity contribution in [3.05, 3.63) is 71.1 Å². The van der Waals surface area contributed by atoms with Crippen LogP contribution < -0.4 is 0 Å². The lowest BCUT2D eigenvalue weighted by Gasteiger charge is -2.18. The van der Waals surface area contributed by atoms with E-state index >= 15 is 0 Å². The highest BCUT2D eigenvalue weighted by molar-refractivity contribution is 7.27. The van der Waals surface area contributed by atoms with E-state index in [4.69, 9.17) is 11.6 Å². The van der Waals surface area contributed by atoms with Gasteiger partial charge in [-0.15, -0.1) is 34.0 Å². The number of hydrogen-bond donors (Lipinski definition) is 0. The third-order valence-corrected chi connectivity index (χ3v) is 8.54. The van der Waals surface area contributed by atoms with Gasteiger partial charge in [-0.1, -0.05) is 45.0 Å². The molecule has 0 radical (unpaired) electrons. The molecule has 3 aromatic heterocycles. The summed E-state index contributed by atoms with van der Waals surface area (Å²) in [6, 6.07) is 21.3. The maximum Gasteiger partial charge on any atom is 0.262 e. The summed E-state index contributed by atoms with van der Waals surface area (Å²) >= 11 is 10.6. The van der Waals surface area contributed by atoms with E-state index in [1.807, 2.05) is 17.4 Å². The fourth-order valence-electron chi connectivity index (χ4n) is 2.94. The summed E-state index contributed by atoms with van der Waals surface area (Å²) in [5, 5.41) is -0.395. The molecule has 142 valence electrons. The Morgan fingerprint density at radius 2 is 1.14 bits per heavy atom. The summed E-state index contributed by atoms with van der Waals surface area (Å²) in [5.41, 5.74) is 2.77. The monoisotopic (exact) mass is 442 g/mol. The van der Waals surface area contributed by atoms with Gasteiger partial charge in [0.15, 0.2) is 0 Å². The van der Waals surface area contributed by atoms with Crippen LogP contribution in [0.3, 0.4) is 0 Å². The number of hydrogen-bond acceptors (Lipinski definition) is 4. The van der Waals surface area contributed by atoms with Gasteiger partial charge in [-0.25, -0.2) is 0 Å². The number of rotatable bonds is 4. The van der Waals surface area contributed by atoms with Gasteiger partial charge in [0.1, 0.15) is 0 Å². The predicted octanol–water partition coefficient (Wildman–Crippen LogP) is 8.55. The van der Waals surface area contributed by atoms with E-state index in [1.165, 1.54) is 37.1 Å². The molecule has 0 saturated carbocycles. The molecule has 0 saturated heterocycles. The van der Waals surface area contributed by atoms with Crippen LogP contribution in [0.1, 0.15) is 36.0 Å². The Bertz CT molecular complexity index is 1120. The second-order valence-electron chi connectivity index (χ2n) is 7.59. The molecule has 0 spiro atoms. The molecule has 0 aliphatic heterocycles. The fraction of sp³-hybridized carbons (Fsp3) is 0.174. The number of carbonyl (C=O) groups is 1. The first kappa shape index (κ1) is 19.6. The van der Waals surface area contributed by atoms with Crippen LogP contribution in [0.15, 0.2) is 60.7 Å². The van der Waals surface area contributed by atoms with Crippen LogP contribution in [0.5, 0.6) is 0 Å². The fourth-order valence-corrected chi connectivity index (χ4v) is 6.15. The summed E-state index contributed by atoms with van der Waals surface area (Å²) in [6.07, 6.45) is 0. The van der Waals surface area contributed by atoms with Gasteiger partial charge < -0.3 is 0 Å². The third-order valence-electron chi connectivity index (χ3n) is 4.53. The Labute approximate surface area is 182 Å². The highest BCUT2D eigenvalue weighted by atomic mass is 35.5. The average molecular weight is 443 g/mol. The van der Waals surface area contributed by atoms with Crippen LogP contribution in [-0.2, 0) is 5.41 Å². The maximum atomic E-state index is 11.3. The minimum Gasteiger partial charge on any atom is -0.275 e. The van der Waals surface area contributed by atoms with Gasteiger partial charge in [0, 0.05) is 24.4 Å². The molecule has 1 aromatic carbocycles. The van der Waals surface area contributed by atoms with Crippen LogP contribution in [0.2, 0.25) is 0 Å². The second-order valence-corrected chi connectivity index (χ2v) is 11.2. The minimum absolute atomic E-state index is 0.169. The van der Waals surface area contributed by atoms with E-state index in [0.29, 0.717) is 4.88 Å². The molecular weight excluding hydrogens is 424 g/mol. The molecule has 5 heteroatoms. The van der Waals surface area contributed by atoms with Crippen LogP contribution in [0.25, 0.3) is 29.9 Å². The lowest BCUT2D eigenvalue weighted by Crippen LogP contribution is -2.10. The molecule has 4 rings (SSSR count). The van der Waals surface area contributed by atoms with Crippen molar-refractivity contribution in [1.82, 2.24) is 0 Å². The zero-order valence-corrected chi connectivity index (χ0v) is 19.0. The molecule has 0 amide bonds. The predicted molar refractivity (Wildman–Crippen MR) is 125 cm³/mol. The summed E-state index contributed by atoms with van der Waals surface area (Å²) in [4.78, 5) is 17.9. The molecule has 0 bridgehead atoms. The first-order chi connectivity index (χ1) is 13.3. The molecule has 0 atom stereocenters. The van der Waals surface area contributed by atoms with E-state index in [1.54, 1.807) is 17.4 Å². The van der Waals surface area contributed by atoms with Crippen LogP contribution in [-0.4, -0.2) is 5.24 Å². The van der Waals surface area contributed by atoms with Crippen LogP contribution in [0, 0.1) is 0 Å². The van der Waals surface area contributed by atoms with Crippen LogP contribution in [0.4, 0.5) is 0 Å². The maximum absolute atomic E-state index is 11.3. The number of carbonyl (C=O) groups excluding carboxylic acids is 1. The Hall–Kier alpha value is -1.72. The highest BCUT2D eigenvalue weighted by Crippen LogP contribution is 2.42. The third kappa shape index (κ3) is 4.01. The molecule has 0 fully saturated rings. The lowest BCUT2D eigenvalue weighted by atomic mass is 9.86. The summed E-state index contributed by atoms with van der Waals surface area (Å²) in [7, 11) is 0. The molecule has 0 unspecified atom stereocenters. The summed E-state index contributed by atoms with van der Waals surface area (Å²) in [6.45, 7) is 6.71. The number of halogens is 1. The van der Waals surface area contributed by atoms with Crippen molar-refractivity contribution in [1.29, 1.82) is 0 Å². The largest absolute Gasteiger partial charge is 0.275 e. The first-order valence-corrected chi connectivity index (χ1v) is 11.7. The summed E-state index contributed by atoms with van der Waals surface area (Å²) in [5.74, 6) is 0. The first-order valence-electron chi connectivity index (χ1n) is 8.92. The van der Waals surface area contributed by atoms with Crippen LogP contribution >= 0.6 is 45.6 Å². The molecule has 4 aromatic rings. The molecule has 0 aliphatic carbocycles. The molecule has 28 heavy (non-hydrogen) atoms.